The molecule has 1 saturated heterocycles. The van der Waals surface area contributed by atoms with E-state index < -0.39 is 0 Å². The minimum atomic E-state index is -0.227. The van der Waals surface area contributed by atoms with E-state index >= 15 is 0 Å². The van der Waals surface area contributed by atoms with E-state index in [2.05, 4.69) is 10.2 Å². The van der Waals surface area contributed by atoms with Gasteiger partial charge in [0.2, 0.25) is 11.8 Å². The van der Waals surface area contributed by atoms with E-state index in [4.69, 9.17) is 11.6 Å². The molecular weight excluding hydrogens is 290 g/mol. The van der Waals surface area contributed by atoms with Crippen molar-refractivity contribution in [3.8, 4) is 0 Å². The molecule has 1 aromatic carbocycles. The van der Waals surface area contributed by atoms with Crippen molar-refractivity contribution in [1.29, 1.82) is 0 Å². The monoisotopic (exact) mass is 309 g/mol. The fraction of sp³-hybridized carbons (Fsp3) is 0.467. The smallest absolute Gasteiger partial charge is 0.241 e. The highest BCUT2D eigenvalue weighted by Crippen LogP contribution is 2.15. The molecular formula is C15H20ClN3O2. The lowest BCUT2D eigenvalue weighted by Gasteiger charge is -2.37. The van der Waals surface area contributed by atoms with Gasteiger partial charge in [-0.15, -0.1) is 0 Å². The highest BCUT2D eigenvalue weighted by Gasteiger charge is 2.26. The minimum absolute atomic E-state index is 0.0476. The molecule has 0 saturated carbocycles. The number of amides is 2. The summed E-state index contributed by atoms with van der Waals surface area (Å²) in [6.45, 7) is 6.24. The van der Waals surface area contributed by atoms with Crippen molar-refractivity contribution >= 4 is 29.1 Å². The Balaban J connectivity index is 1.88. The maximum absolute atomic E-state index is 12.2. The molecule has 1 heterocycles. The van der Waals surface area contributed by atoms with Crippen LogP contribution < -0.4 is 5.32 Å². The third kappa shape index (κ3) is 4.19. The predicted molar refractivity (Wildman–Crippen MR) is 83.4 cm³/mol. The normalized spacial score (nSPS) is 17.4. The van der Waals surface area contributed by atoms with Gasteiger partial charge in [-0.3, -0.25) is 14.5 Å². The molecule has 0 spiro atoms. The van der Waals surface area contributed by atoms with Crippen LogP contribution in [-0.4, -0.2) is 53.8 Å². The third-order valence-corrected chi connectivity index (χ3v) is 4.05. The van der Waals surface area contributed by atoms with E-state index in [0.717, 1.165) is 18.8 Å². The summed E-state index contributed by atoms with van der Waals surface area (Å²) in [4.78, 5) is 27.4. The molecule has 0 aliphatic carbocycles. The van der Waals surface area contributed by atoms with Gasteiger partial charge in [-0.2, -0.15) is 0 Å². The van der Waals surface area contributed by atoms with Gasteiger partial charge in [0.05, 0.1) is 6.04 Å². The molecule has 1 fully saturated rings. The van der Waals surface area contributed by atoms with Crippen molar-refractivity contribution < 1.29 is 9.59 Å². The van der Waals surface area contributed by atoms with Crippen LogP contribution in [0.2, 0.25) is 5.02 Å². The van der Waals surface area contributed by atoms with E-state index in [1.807, 2.05) is 6.92 Å². The average Bonchev–Trinajstić information content (AvgIpc) is 2.49. The van der Waals surface area contributed by atoms with Gasteiger partial charge in [0.15, 0.2) is 0 Å². The molecule has 1 atom stereocenters. The fourth-order valence-corrected chi connectivity index (χ4v) is 2.50. The summed E-state index contributed by atoms with van der Waals surface area (Å²) in [5.41, 5.74) is 0.735. The van der Waals surface area contributed by atoms with Crippen molar-refractivity contribution in [1.82, 2.24) is 9.80 Å². The number of anilines is 1. The zero-order valence-corrected chi connectivity index (χ0v) is 13.1. The standard InChI is InChI=1S/C15H20ClN3O2/c1-11(18-7-9-19(10-8-18)12(2)20)15(21)17-14-5-3-13(16)4-6-14/h3-6,11H,7-10H2,1-2H3,(H,17,21). The summed E-state index contributed by atoms with van der Waals surface area (Å²) in [5, 5.41) is 3.52. The zero-order valence-electron chi connectivity index (χ0n) is 12.3. The summed E-state index contributed by atoms with van der Waals surface area (Å²) < 4.78 is 0. The van der Waals surface area contributed by atoms with E-state index in [-0.39, 0.29) is 17.9 Å². The molecule has 1 aromatic rings. The van der Waals surface area contributed by atoms with Crippen LogP contribution in [0, 0.1) is 0 Å². The maximum atomic E-state index is 12.2. The van der Waals surface area contributed by atoms with Crippen molar-refractivity contribution in [3.05, 3.63) is 29.3 Å². The molecule has 5 nitrogen and oxygen atoms in total. The topological polar surface area (TPSA) is 52.7 Å². The Morgan fingerprint density at radius 3 is 2.24 bits per heavy atom. The summed E-state index contributed by atoms with van der Waals surface area (Å²) in [7, 11) is 0. The Bertz CT molecular complexity index is 510. The highest BCUT2D eigenvalue weighted by atomic mass is 35.5. The van der Waals surface area contributed by atoms with Crippen LogP contribution in [0.1, 0.15) is 13.8 Å². The fourth-order valence-electron chi connectivity index (χ4n) is 2.37. The van der Waals surface area contributed by atoms with Gasteiger partial charge in [-0.05, 0) is 31.2 Å². The van der Waals surface area contributed by atoms with Crippen LogP contribution in [-0.2, 0) is 9.59 Å². The van der Waals surface area contributed by atoms with Crippen LogP contribution >= 0.6 is 11.6 Å². The molecule has 0 radical (unpaired) electrons. The summed E-state index contributed by atoms with van der Waals surface area (Å²) in [6.07, 6.45) is 0. The van der Waals surface area contributed by atoms with Gasteiger partial charge in [0.25, 0.3) is 0 Å². The van der Waals surface area contributed by atoms with Gasteiger partial charge < -0.3 is 10.2 Å². The van der Waals surface area contributed by atoms with E-state index in [1.54, 1.807) is 36.1 Å². The molecule has 1 aliphatic heterocycles. The first-order chi connectivity index (χ1) is 9.97. The number of carbonyl (C=O) groups excluding carboxylic acids is 2. The Kier molecular flexibility index (Phi) is 5.20. The summed E-state index contributed by atoms with van der Waals surface area (Å²) in [5.74, 6) is 0.0431. The van der Waals surface area contributed by atoms with Crippen molar-refractivity contribution in [2.45, 2.75) is 19.9 Å². The van der Waals surface area contributed by atoms with Gasteiger partial charge >= 0.3 is 0 Å². The molecule has 2 amide bonds. The molecule has 114 valence electrons. The average molecular weight is 310 g/mol. The lowest BCUT2D eigenvalue weighted by atomic mass is 10.2. The number of nitrogens with zero attached hydrogens (tertiary/aromatic N) is 2. The van der Waals surface area contributed by atoms with Crippen molar-refractivity contribution in [2.24, 2.45) is 0 Å². The van der Waals surface area contributed by atoms with Gasteiger partial charge in [-0.1, -0.05) is 11.6 Å². The summed E-state index contributed by atoms with van der Waals surface area (Å²) in [6, 6.07) is 6.82. The first-order valence-corrected chi connectivity index (χ1v) is 7.41. The highest BCUT2D eigenvalue weighted by molar-refractivity contribution is 6.30. The molecule has 21 heavy (non-hydrogen) atoms. The number of hydrogen-bond acceptors (Lipinski definition) is 3. The molecule has 1 unspecified atom stereocenters. The second kappa shape index (κ2) is 6.91. The van der Waals surface area contributed by atoms with Crippen LogP contribution in [0.25, 0.3) is 0 Å². The predicted octanol–water partition coefficient (Wildman–Crippen LogP) is 1.83. The largest absolute Gasteiger partial charge is 0.340 e. The first-order valence-electron chi connectivity index (χ1n) is 7.03. The van der Waals surface area contributed by atoms with E-state index in [9.17, 15) is 9.59 Å². The number of benzene rings is 1. The first kappa shape index (κ1) is 15.8. The summed E-state index contributed by atoms with van der Waals surface area (Å²) >= 11 is 5.82. The van der Waals surface area contributed by atoms with Crippen LogP contribution in [0.5, 0.6) is 0 Å². The lowest BCUT2D eigenvalue weighted by molar-refractivity contribution is -0.131. The zero-order chi connectivity index (χ0) is 15.4. The second-order valence-electron chi connectivity index (χ2n) is 5.21. The Hall–Kier alpha value is -1.59. The Morgan fingerprint density at radius 2 is 1.71 bits per heavy atom. The van der Waals surface area contributed by atoms with Crippen LogP contribution in [0.3, 0.4) is 0 Å². The number of piperazine rings is 1. The number of rotatable bonds is 3. The second-order valence-corrected chi connectivity index (χ2v) is 5.65. The number of nitrogens with one attached hydrogen (secondary N) is 1. The SMILES string of the molecule is CC(=O)N1CCN(C(C)C(=O)Nc2ccc(Cl)cc2)CC1. The molecule has 0 aromatic heterocycles. The Labute approximate surface area is 129 Å². The van der Waals surface area contributed by atoms with E-state index in [0.29, 0.717) is 18.1 Å². The number of carbonyl (C=O) groups is 2. The minimum Gasteiger partial charge on any atom is -0.340 e. The van der Waals surface area contributed by atoms with Gasteiger partial charge in [0, 0.05) is 43.8 Å². The van der Waals surface area contributed by atoms with Crippen molar-refractivity contribution in [2.75, 3.05) is 31.5 Å². The number of halogens is 1. The Morgan fingerprint density at radius 1 is 1.14 bits per heavy atom. The molecule has 1 N–H and O–H groups in total. The van der Waals surface area contributed by atoms with Crippen molar-refractivity contribution in [3.63, 3.8) is 0 Å². The molecule has 6 heteroatoms. The maximum Gasteiger partial charge on any atom is 0.241 e. The molecule has 1 aliphatic rings. The van der Waals surface area contributed by atoms with E-state index in [1.165, 1.54) is 0 Å². The van der Waals surface area contributed by atoms with Crippen LogP contribution in [0.4, 0.5) is 5.69 Å². The van der Waals surface area contributed by atoms with Gasteiger partial charge in [-0.25, -0.2) is 0 Å². The van der Waals surface area contributed by atoms with Gasteiger partial charge in [0.1, 0.15) is 0 Å². The third-order valence-electron chi connectivity index (χ3n) is 3.80. The lowest BCUT2D eigenvalue weighted by Crippen LogP contribution is -2.53. The molecule has 0 bridgehead atoms. The quantitative estimate of drug-likeness (QED) is 0.927. The number of hydrogen-bond donors (Lipinski definition) is 1. The molecule has 2 rings (SSSR count). The van der Waals surface area contributed by atoms with Crippen LogP contribution in [0.15, 0.2) is 24.3 Å².